The average Bonchev–Trinajstić information content (AvgIpc) is 2.63. The second-order valence-electron chi connectivity index (χ2n) is 6.09. The topological polar surface area (TPSA) is 37.4 Å². The van der Waals surface area contributed by atoms with Crippen molar-refractivity contribution in [1.29, 1.82) is 0 Å². The molecule has 0 N–H and O–H groups in total. The highest BCUT2D eigenvalue weighted by Crippen LogP contribution is 2.65. The van der Waals surface area contributed by atoms with Crippen LogP contribution in [0.3, 0.4) is 0 Å². The molecule has 3 nitrogen and oxygen atoms in total. The highest BCUT2D eigenvalue weighted by Gasteiger charge is 2.56. The van der Waals surface area contributed by atoms with Crippen molar-refractivity contribution in [1.82, 2.24) is 4.90 Å². The third kappa shape index (κ3) is 1.63. The van der Waals surface area contributed by atoms with Gasteiger partial charge in [-0.15, -0.1) is 0 Å². The van der Waals surface area contributed by atoms with E-state index in [0.29, 0.717) is 30.7 Å². The summed E-state index contributed by atoms with van der Waals surface area (Å²) in [7, 11) is 0. The van der Waals surface area contributed by atoms with Crippen LogP contribution in [-0.2, 0) is 9.59 Å². The van der Waals surface area contributed by atoms with Crippen LogP contribution >= 0.6 is 0 Å². The van der Waals surface area contributed by atoms with Crippen LogP contribution in [0.5, 0.6) is 0 Å². The van der Waals surface area contributed by atoms with Gasteiger partial charge in [-0.3, -0.25) is 14.5 Å². The average molecular weight is 235 g/mol. The first-order valence-electron chi connectivity index (χ1n) is 6.33. The lowest BCUT2D eigenvalue weighted by atomic mass is 9.67. The van der Waals surface area contributed by atoms with Gasteiger partial charge in [0.05, 0.1) is 0 Å². The maximum absolute atomic E-state index is 10.6. The summed E-state index contributed by atoms with van der Waals surface area (Å²) in [4.78, 5) is 22.4. The molecule has 2 atom stereocenters. The van der Waals surface area contributed by atoms with Crippen LogP contribution in [0.1, 0.15) is 40.0 Å². The van der Waals surface area contributed by atoms with Gasteiger partial charge >= 0.3 is 0 Å². The molecule has 2 aliphatic rings. The standard InChI is InChI=1S/C14H21NO2/c1-13(2)11-4-6-14(13,3)12(8-11)5-7-15(9-16)10-17/h8-11H,4-7H2,1-3H3/t11-,14+/m1/s1. The van der Waals surface area contributed by atoms with Crippen molar-refractivity contribution in [3.05, 3.63) is 11.6 Å². The van der Waals surface area contributed by atoms with Crippen LogP contribution in [0.25, 0.3) is 0 Å². The number of rotatable bonds is 5. The zero-order chi connectivity index (χ0) is 12.7. The molecule has 1 saturated carbocycles. The van der Waals surface area contributed by atoms with Crippen LogP contribution in [0.4, 0.5) is 0 Å². The number of allylic oxidation sites excluding steroid dienone is 1. The summed E-state index contributed by atoms with van der Waals surface area (Å²) in [5.41, 5.74) is 2.03. The number of amides is 2. The van der Waals surface area contributed by atoms with E-state index in [1.54, 1.807) is 0 Å². The molecule has 2 rings (SSSR count). The molecule has 2 amide bonds. The van der Waals surface area contributed by atoms with Crippen molar-refractivity contribution < 1.29 is 9.59 Å². The molecular formula is C14H21NO2. The van der Waals surface area contributed by atoms with E-state index in [0.717, 1.165) is 6.42 Å². The van der Waals surface area contributed by atoms with Crippen LogP contribution in [-0.4, -0.2) is 24.3 Å². The van der Waals surface area contributed by atoms with E-state index in [1.807, 2.05) is 0 Å². The van der Waals surface area contributed by atoms with Gasteiger partial charge in [-0.05, 0) is 36.0 Å². The van der Waals surface area contributed by atoms with E-state index in [4.69, 9.17) is 0 Å². The van der Waals surface area contributed by atoms with E-state index in [1.165, 1.54) is 23.3 Å². The Morgan fingerprint density at radius 3 is 2.41 bits per heavy atom. The van der Waals surface area contributed by atoms with Gasteiger partial charge in [-0.1, -0.05) is 32.4 Å². The van der Waals surface area contributed by atoms with Gasteiger partial charge in [0.1, 0.15) is 0 Å². The summed E-state index contributed by atoms with van der Waals surface area (Å²) < 4.78 is 0. The van der Waals surface area contributed by atoms with Crippen molar-refractivity contribution in [2.24, 2.45) is 16.7 Å². The van der Waals surface area contributed by atoms with E-state index >= 15 is 0 Å². The van der Waals surface area contributed by atoms with Crippen LogP contribution < -0.4 is 0 Å². The third-order valence-corrected chi connectivity index (χ3v) is 5.33. The van der Waals surface area contributed by atoms with Crippen LogP contribution in [0, 0.1) is 16.7 Å². The van der Waals surface area contributed by atoms with Crippen LogP contribution in [0.15, 0.2) is 11.6 Å². The zero-order valence-corrected chi connectivity index (χ0v) is 10.9. The Kier molecular flexibility index (Phi) is 2.88. The van der Waals surface area contributed by atoms with E-state index in [9.17, 15) is 9.59 Å². The lowest BCUT2D eigenvalue weighted by Crippen LogP contribution is -2.31. The maximum atomic E-state index is 10.6. The van der Waals surface area contributed by atoms with Gasteiger partial charge in [0.25, 0.3) is 0 Å². The van der Waals surface area contributed by atoms with Gasteiger partial charge < -0.3 is 0 Å². The first kappa shape index (κ1) is 12.3. The summed E-state index contributed by atoms with van der Waals surface area (Å²) in [6, 6.07) is 0. The van der Waals surface area contributed by atoms with Crippen molar-refractivity contribution in [3.63, 3.8) is 0 Å². The number of carbonyl (C=O) groups excluding carboxylic acids is 2. The Balaban J connectivity index is 2.07. The van der Waals surface area contributed by atoms with Gasteiger partial charge in [0.2, 0.25) is 12.8 Å². The molecule has 0 aromatic rings. The monoisotopic (exact) mass is 235 g/mol. The number of hydrogen-bond donors (Lipinski definition) is 0. The minimum atomic E-state index is 0.259. The molecule has 0 unspecified atom stereocenters. The molecule has 0 aromatic heterocycles. The lowest BCUT2D eigenvalue weighted by molar-refractivity contribution is -0.129. The summed E-state index contributed by atoms with van der Waals surface area (Å²) in [6.07, 6.45) is 6.93. The Morgan fingerprint density at radius 1 is 1.35 bits per heavy atom. The molecule has 0 aromatic carbocycles. The summed E-state index contributed by atoms with van der Waals surface area (Å²) in [5.74, 6) is 0.670. The van der Waals surface area contributed by atoms with E-state index in [2.05, 4.69) is 26.8 Å². The predicted octanol–water partition coefficient (Wildman–Crippen LogP) is 2.37. The minimum Gasteiger partial charge on any atom is -0.288 e. The smallest absolute Gasteiger partial charge is 0.216 e. The Labute approximate surface area is 103 Å². The number of carbonyl (C=O) groups is 2. The molecule has 94 valence electrons. The summed E-state index contributed by atoms with van der Waals surface area (Å²) in [6.45, 7) is 7.52. The molecule has 1 fully saturated rings. The van der Waals surface area contributed by atoms with Gasteiger partial charge in [0.15, 0.2) is 0 Å². The van der Waals surface area contributed by atoms with Gasteiger partial charge in [0, 0.05) is 6.54 Å². The molecular weight excluding hydrogens is 214 g/mol. The largest absolute Gasteiger partial charge is 0.288 e. The molecule has 17 heavy (non-hydrogen) atoms. The molecule has 0 saturated heterocycles. The summed E-state index contributed by atoms with van der Waals surface area (Å²) in [5, 5.41) is 0. The zero-order valence-electron chi connectivity index (χ0n) is 10.9. The van der Waals surface area contributed by atoms with E-state index < -0.39 is 0 Å². The lowest BCUT2D eigenvalue weighted by Gasteiger charge is -2.38. The molecule has 0 radical (unpaired) electrons. The fourth-order valence-electron chi connectivity index (χ4n) is 3.57. The second kappa shape index (κ2) is 3.97. The molecule has 0 aliphatic heterocycles. The first-order chi connectivity index (χ1) is 7.95. The fourth-order valence-corrected chi connectivity index (χ4v) is 3.57. The molecule has 2 aliphatic carbocycles. The highest BCUT2D eigenvalue weighted by atomic mass is 16.2. The summed E-state index contributed by atoms with van der Waals surface area (Å²) >= 11 is 0. The molecule has 3 heteroatoms. The number of fused-ring (bicyclic) bond motifs is 2. The Morgan fingerprint density at radius 2 is 2.00 bits per heavy atom. The number of nitrogens with zero attached hydrogens (tertiary/aromatic N) is 1. The molecule has 0 heterocycles. The van der Waals surface area contributed by atoms with Gasteiger partial charge in [-0.25, -0.2) is 0 Å². The Hall–Kier alpha value is -1.12. The SMILES string of the molecule is CC1(C)[C@H]2C=C(CCN(C=O)C=O)[C@]1(C)CC2. The predicted molar refractivity (Wildman–Crippen MR) is 66.1 cm³/mol. The van der Waals surface area contributed by atoms with E-state index in [-0.39, 0.29) is 5.41 Å². The highest BCUT2D eigenvalue weighted by molar-refractivity contribution is 5.68. The minimum absolute atomic E-state index is 0.259. The van der Waals surface area contributed by atoms with Crippen molar-refractivity contribution in [3.8, 4) is 0 Å². The van der Waals surface area contributed by atoms with Crippen molar-refractivity contribution >= 4 is 12.8 Å². The maximum Gasteiger partial charge on any atom is 0.216 e. The Bertz CT molecular complexity index is 364. The third-order valence-electron chi connectivity index (χ3n) is 5.33. The fraction of sp³-hybridized carbons (Fsp3) is 0.714. The van der Waals surface area contributed by atoms with Gasteiger partial charge in [-0.2, -0.15) is 0 Å². The number of imide groups is 1. The number of hydrogen-bond acceptors (Lipinski definition) is 2. The molecule has 0 spiro atoms. The van der Waals surface area contributed by atoms with Crippen LogP contribution in [0.2, 0.25) is 0 Å². The molecule has 2 bridgehead atoms. The first-order valence-corrected chi connectivity index (χ1v) is 6.33. The normalized spacial score (nSPS) is 33.4. The van der Waals surface area contributed by atoms with Crippen molar-refractivity contribution in [2.45, 2.75) is 40.0 Å². The van der Waals surface area contributed by atoms with Crippen molar-refractivity contribution in [2.75, 3.05) is 6.54 Å². The quantitative estimate of drug-likeness (QED) is 0.542. The second-order valence-corrected chi connectivity index (χ2v) is 6.09.